The maximum atomic E-state index is 2.75. The van der Waals surface area contributed by atoms with Crippen LogP contribution in [0.3, 0.4) is 0 Å². The van der Waals surface area contributed by atoms with Crippen molar-refractivity contribution >= 4 is 0 Å². The molecule has 0 radical (unpaired) electrons. The highest BCUT2D eigenvalue weighted by molar-refractivity contribution is 5.27. The van der Waals surface area contributed by atoms with Gasteiger partial charge >= 0.3 is 0 Å². The van der Waals surface area contributed by atoms with Crippen molar-refractivity contribution in [1.29, 1.82) is 0 Å². The van der Waals surface area contributed by atoms with Gasteiger partial charge in [-0.05, 0) is 25.7 Å². The van der Waals surface area contributed by atoms with Crippen molar-refractivity contribution in [2.24, 2.45) is 0 Å². The number of hydrogen-bond acceptors (Lipinski definition) is 1. The molecule has 0 spiro atoms. The van der Waals surface area contributed by atoms with Gasteiger partial charge < -0.3 is 0 Å². The Labute approximate surface area is 117 Å². The molecule has 0 heterocycles. The molecule has 3 aliphatic rings. The summed E-state index contributed by atoms with van der Waals surface area (Å²) in [5, 5.41) is 0. The molecule has 0 aromatic carbocycles. The van der Waals surface area contributed by atoms with Gasteiger partial charge in [0.15, 0.2) is 0 Å². The number of allylic oxidation sites excluding steroid dienone is 6. The molecular weight excluding hydrogens is 230 g/mol. The molecule has 3 rings (SSSR count). The number of nitrogens with zero attached hydrogens (tertiary/aromatic N) is 1. The molecule has 0 unspecified atom stereocenters. The van der Waals surface area contributed by atoms with Crippen LogP contribution in [0, 0.1) is 0 Å². The van der Waals surface area contributed by atoms with Crippen molar-refractivity contribution in [3.63, 3.8) is 0 Å². The molecule has 1 nitrogen and oxygen atoms in total. The van der Waals surface area contributed by atoms with Gasteiger partial charge in [-0.3, -0.25) is 4.90 Å². The summed E-state index contributed by atoms with van der Waals surface area (Å²) in [6.45, 7) is 2.35. The maximum Gasteiger partial charge on any atom is 0.0205 e. The van der Waals surface area contributed by atoms with Gasteiger partial charge in [0.2, 0.25) is 0 Å². The summed E-state index contributed by atoms with van der Waals surface area (Å²) < 4.78 is 0. The quantitative estimate of drug-likeness (QED) is 0.704. The average Bonchev–Trinajstić information content (AvgIpc) is 3.12. The van der Waals surface area contributed by atoms with Gasteiger partial charge in [-0.25, -0.2) is 0 Å². The minimum atomic E-state index is 0.816. The maximum absolute atomic E-state index is 2.75. The average molecular weight is 255 g/mol. The lowest BCUT2D eigenvalue weighted by atomic mass is 9.93. The Morgan fingerprint density at radius 2 is 1.42 bits per heavy atom. The standard InChI is InChI=1S/C18H25N/c1-2-12-18(13-3-1)19(14-16-8-4-5-9-16)15-17-10-6-7-11-17/h4-8,10,18H,1-3,9,11-15H2. The van der Waals surface area contributed by atoms with E-state index >= 15 is 0 Å². The Bertz CT molecular complexity index is 387. The Morgan fingerprint density at radius 1 is 0.842 bits per heavy atom. The minimum Gasteiger partial charge on any atom is -0.293 e. The van der Waals surface area contributed by atoms with Crippen LogP contribution in [0.1, 0.15) is 44.9 Å². The van der Waals surface area contributed by atoms with Crippen LogP contribution in [-0.4, -0.2) is 24.0 Å². The molecule has 1 saturated carbocycles. The largest absolute Gasteiger partial charge is 0.293 e. The first kappa shape index (κ1) is 12.9. The van der Waals surface area contributed by atoms with E-state index in [-0.39, 0.29) is 0 Å². The predicted molar refractivity (Wildman–Crippen MR) is 82.1 cm³/mol. The molecule has 0 saturated heterocycles. The molecule has 19 heavy (non-hydrogen) atoms. The summed E-state index contributed by atoms with van der Waals surface area (Å²) in [5.41, 5.74) is 3.19. The molecule has 0 aromatic heterocycles. The molecule has 0 N–H and O–H groups in total. The topological polar surface area (TPSA) is 3.24 Å². The Morgan fingerprint density at radius 3 is 1.89 bits per heavy atom. The lowest BCUT2D eigenvalue weighted by Crippen LogP contribution is -2.39. The molecule has 0 amide bonds. The van der Waals surface area contributed by atoms with Crippen LogP contribution in [0.5, 0.6) is 0 Å². The highest BCUT2D eigenvalue weighted by Gasteiger charge is 2.22. The highest BCUT2D eigenvalue weighted by Crippen LogP contribution is 2.26. The van der Waals surface area contributed by atoms with E-state index in [2.05, 4.69) is 41.4 Å². The van der Waals surface area contributed by atoms with Crippen LogP contribution in [-0.2, 0) is 0 Å². The highest BCUT2D eigenvalue weighted by atomic mass is 15.2. The van der Waals surface area contributed by atoms with E-state index in [1.54, 1.807) is 11.1 Å². The third kappa shape index (κ3) is 3.48. The van der Waals surface area contributed by atoms with Gasteiger partial charge in [0.25, 0.3) is 0 Å². The van der Waals surface area contributed by atoms with Gasteiger partial charge in [0.1, 0.15) is 0 Å². The molecule has 0 bridgehead atoms. The van der Waals surface area contributed by atoms with Crippen molar-refractivity contribution in [3.8, 4) is 0 Å². The van der Waals surface area contributed by atoms with Crippen LogP contribution in [0.2, 0.25) is 0 Å². The SMILES string of the molecule is C1=CCC(CN(CC2=CC=CC2)C2CCCCC2)=C1. The van der Waals surface area contributed by atoms with Crippen LogP contribution >= 0.6 is 0 Å². The van der Waals surface area contributed by atoms with E-state index < -0.39 is 0 Å². The fourth-order valence-electron chi connectivity index (χ4n) is 3.50. The van der Waals surface area contributed by atoms with Crippen molar-refractivity contribution < 1.29 is 0 Å². The predicted octanol–water partition coefficient (Wildman–Crippen LogP) is 4.39. The van der Waals surface area contributed by atoms with Crippen LogP contribution < -0.4 is 0 Å². The van der Waals surface area contributed by atoms with Crippen molar-refractivity contribution in [2.75, 3.05) is 13.1 Å². The van der Waals surface area contributed by atoms with Crippen LogP contribution in [0.15, 0.2) is 47.6 Å². The van der Waals surface area contributed by atoms with Gasteiger partial charge in [-0.15, -0.1) is 0 Å². The molecule has 1 heteroatoms. The fourth-order valence-corrected chi connectivity index (χ4v) is 3.50. The van der Waals surface area contributed by atoms with Gasteiger partial charge in [0.05, 0.1) is 0 Å². The molecule has 1 fully saturated rings. The second-order valence-corrected chi connectivity index (χ2v) is 6.11. The monoisotopic (exact) mass is 255 g/mol. The third-order valence-electron chi connectivity index (χ3n) is 4.60. The first-order chi connectivity index (χ1) is 9.42. The van der Waals surface area contributed by atoms with Gasteiger partial charge in [-0.1, -0.05) is 66.9 Å². The fraction of sp³-hybridized carbons (Fsp3) is 0.556. The van der Waals surface area contributed by atoms with E-state index in [1.807, 2.05) is 0 Å². The third-order valence-corrected chi connectivity index (χ3v) is 4.60. The molecule has 0 aliphatic heterocycles. The Hall–Kier alpha value is -1.08. The first-order valence-corrected chi connectivity index (χ1v) is 7.85. The summed E-state index contributed by atoms with van der Waals surface area (Å²) in [5.74, 6) is 0. The zero-order chi connectivity index (χ0) is 12.9. The summed E-state index contributed by atoms with van der Waals surface area (Å²) in [6.07, 6.45) is 23.1. The lowest BCUT2D eigenvalue weighted by molar-refractivity contribution is 0.181. The minimum absolute atomic E-state index is 0.816. The Balaban J connectivity index is 1.63. The van der Waals surface area contributed by atoms with E-state index in [1.165, 1.54) is 58.0 Å². The van der Waals surface area contributed by atoms with E-state index in [0.717, 1.165) is 6.04 Å². The second-order valence-electron chi connectivity index (χ2n) is 6.11. The van der Waals surface area contributed by atoms with E-state index in [4.69, 9.17) is 0 Å². The van der Waals surface area contributed by atoms with Gasteiger partial charge in [-0.2, -0.15) is 0 Å². The van der Waals surface area contributed by atoms with Crippen LogP contribution in [0.4, 0.5) is 0 Å². The van der Waals surface area contributed by atoms with E-state index in [9.17, 15) is 0 Å². The molecule has 102 valence electrons. The summed E-state index contributed by atoms with van der Waals surface area (Å²) in [7, 11) is 0. The second kappa shape index (κ2) is 6.38. The molecule has 0 aromatic rings. The zero-order valence-corrected chi connectivity index (χ0v) is 11.9. The number of rotatable bonds is 5. The molecule has 0 atom stereocenters. The van der Waals surface area contributed by atoms with E-state index in [0.29, 0.717) is 0 Å². The summed E-state index contributed by atoms with van der Waals surface area (Å²) in [4.78, 5) is 2.75. The van der Waals surface area contributed by atoms with Crippen molar-refractivity contribution in [3.05, 3.63) is 47.6 Å². The zero-order valence-electron chi connectivity index (χ0n) is 11.9. The Kier molecular flexibility index (Phi) is 4.34. The first-order valence-electron chi connectivity index (χ1n) is 7.85. The molecule has 3 aliphatic carbocycles. The van der Waals surface area contributed by atoms with Crippen molar-refractivity contribution in [1.82, 2.24) is 4.90 Å². The van der Waals surface area contributed by atoms with Crippen molar-refractivity contribution in [2.45, 2.75) is 51.0 Å². The lowest BCUT2D eigenvalue weighted by Gasteiger charge is -2.35. The van der Waals surface area contributed by atoms with Gasteiger partial charge in [0, 0.05) is 19.1 Å². The normalized spacial score (nSPS) is 23.2. The number of hydrogen-bond donors (Lipinski definition) is 0. The summed E-state index contributed by atoms with van der Waals surface area (Å²) in [6, 6.07) is 0.816. The van der Waals surface area contributed by atoms with Crippen LogP contribution in [0.25, 0.3) is 0 Å². The smallest absolute Gasteiger partial charge is 0.0205 e. The summed E-state index contributed by atoms with van der Waals surface area (Å²) >= 11 is 0. The molecular formula is C18H25N.